The molecule has 0 N–H and O–H groups in total. The fraction of sp³-hybridized carbons (Fsp3) is 0.500. The number of ether oxygens (including phenoxy) is 1. The van der Waals surface area contributed by atoms with Crippen LogP contribution in [0, 0.1) is 0 Å². The molecule has 0 amide bonds. The lowest BCUT2D eigenvalue weighted by Crippen LogP contribution is -2.10. The van der Waals surface area contributed by atoms with Crippen molar-refractivity contribution in [1.82, 2.24) is 0 Å². The minimum atomic E-state index is -0.949. The van der Waals surface area contributed by atoms with Gasteiger partial charge in [-0.05, 0) is 32.0 Å². The van der Waals surface area contributed by atoms with Crippen molar-refractivity contribution >= 4 is 16.6 Å². The molecule has 100 valence electrons. The van der Waals surface area contributed by atoms with E-state index in [4.69, 9.17) is 4.74 Å². The molecule has 0 saturated heterocycles. The van der Waals surface area contributed by atoms with E-state index in [1.165, 1.54) is 6.92 Å². The Hall–Kier alpha value is -1.16. The first-order chi connectivity index (χ1) is 8.45. The average molecular weight is 268 g/mol. The molecule has 0 fully saturated rings. The van der Waals surface area contributed by atoms with Crippen LogP contribution in [0.2, 0.25) is 0 Å². The summed E-state index contributed by atoms with van der Waals surface area (Å²) in [6.45, 7) is 7.83. The quantitative estimate of drug-likeness (QED) is 0.745. The fourth-order valence-corrected chi connectivity index (χ4v) is 2.39. The van der Waals surface area contributed by atoms with Gasteiger partial charge in [0.1, 0.15) is 5.75 Å². The summed E-state index contributed by atoms with van der Waals surface area (Å²) < 4.78 is 17.4. The summed E-state index contributed by atoms with van der Waals surface area (Å²) in [6, 6.07) is 5.32. The van der Waals surface area contributed by atoms with Gasteiger partial charge in [-0.15, -0.1) is 0 Å². The van der Waals surface area contributed by atoms with E-state index in [0.717, 1.165) is 11.3 Å². The monoisotopic (exact) mass is 268 g/mol. The summed E-state index contributed by atoms with van der Waals surface area (Å²) in [5.41, 5.74) is 1.48. The SMILES string of the molecule is CCOc1ccc(C(C)=O)cc1CS(=O)C(C)C. The van der Waals surface area contributed by atoms with Crippen molar-refractivity contribution in [1.29, 1.82) is 0 Å². The van der Waals surface area contributed by atoms with Crippen molar-refractivity contribution in [3.05, 3.63) is 29.3 Å². The van der Waals surface area contributed by atoms with E-state index in [9.17, 15) is 9.00 Å². The molecule has 1 aromatic rings. The first kappa shape index (κ1) is 14.9. The van der Waals surface area contributed by atoms with E-state index in [2.05, 4.69) is 0 Å². The highest BCUT2D eigenvalue weighted by molar-refractivity contribution is 7.84. The minimum Gasteiger partial charge on any atom is -0.494 e. The van der Waals surface area contributed by atoms with E-state index < -0.39 is 10.8 Å². The number of rotatable bonds is 6. The Morgan fingerprint density at radius 3 is 2.56 bits per heavy atom. The molecule has 1 aromatic carbocycles. The number of Topliss-reactive ketones (excluding diaryl/α,β-unsaturated/α-hetero) is 1. The Morgan fingerprint density at radius 1 is 1.39 bits per heavy atom. The van der Waals surface area contributed by atoms with Crippen LogP contribution in [-0.4, -0.2) is 21.8 Å². The predicted molar refractivity (Wildman–Crippen MR) is 74.6 cm³/mol. The van der Waals surface area contributed by atoms with E-state index in [-0.39, 0.29) is 11.0 Å². The molecule has 0 aliphatic carbocycles. The summed E-state index contributed by atoms with van der Waals surface area (Å²) in [5, 5.41) is 0.0976. The van der Waals surface area contributed by atoms with Gasteiger partial charge >= 0.3 is 0 Å². The minimum absolute atomic E-state index is 0.00891. The van der Waals surface area contributed by atoms with Gasteiger partial charge in [-0.25, -0.2) is 0 Å². The lowest BCUT2D eigenvalue weighted by Gasteiger charge is -2.12. The molecule has 0 bridgehead atoms. The molecule has 3 nitrogen and oxygen atoms in total. The van der Waals surface area contributed by atoms with Gasteiger partial charge in [0.25, 0.3) is 0 Å². The molecule has 18 heavy (non-hydrogen) atoms. The maximum absolute atomic E-state index is 11.9. The van der Waals surface area contributed by atoms with Crippen LogP contribution >= 0.6 is 0 Å². The van der Waals surface area contributed by atoms with Gasteiger partial charge in [0.2, 0.25) is 0 Å². The Kier molecular flexibility index (Phi) is 5.54. The van der Waals surface area contributed by atoms with Gasteiger partial charge in [-0.1, -0.05) is 13.8 Å². The van der Waals surface area contributed by atoms with Crippen molar-refractivity contribution in [3.63, 3.8) is 0 Å². The Bertz CT molecular complexity index is 452. The zero-order valence-corrected chi connectivity index (χ0v) is 12.2. The topological polar surface area (TPSA) is 43.4 Å². The second-order valence-corrected chi connectivity index (χ2v) is 6.38. The van der Waals surface area contributed by atoms with Crippen LogP contribution in [0.15, 0.2) is 18.2 Å². The third-order valence-electron chi connectivity index (χ3n) is 2.59. The summed E-state index contributed by atoms with van der Waals surface area (Å²) >= 11 is 0. The Balaban J connectivity index is 3.06. The average Bonchev–Trinajstić information content (AvgIpc) is 2.31. The number of ketones is 1. The molecule has 0 saturated carbocycles. The predicted octanol–water partition coefficient (Wildman–Crippen LogP) is 2.95. The van der Waals surface area contributed by atoms with Gasteiger partial charge < -0.3 is 4.74 Å². The maximum atomic E-state index is 11.9. The molecule has 0 radical (unpaired) electrons. The molecule has 1 unspecified atom stereocenters. The van der Waals surface area contributed by atoms with Crippen molar-refractivity contribution in [3.8, 4) is 5.75 Å². The Morgan fingerprint density at radius 2 is 2.06 bits per heavy atom. The van der Waals surface area contributed by atoms with E-state index in [1.54, 1.807) is 18.2 Å². The van der Waals surface area contributed by atoms with Crippen LogP contribution in [0.5, 0.6) is 5.75 Å². The zero-order chi connectivity index (χ0) is 13.7. The lowest BCUT2D eigenvalue weighted by atomic mass is 10.1. The van der Waals surface area contributed by atoms with Crippen LogP contribution in [-0.2, 0) is 16.6 Å². The van der Waals surface area contributed by atoms with E-state index in [0.29, 0.717) is 17.9 Å². The molecular formula is C14H20O3S. The summed E-state index contributed by atoms with van der Waals surface area (Å²) in [7, 11) is -0.949. The number of hydrogen-bond acceptors (Lipinski definition) is 3. The third kappa shape index (κ3) is 3.95. The van der Waals surface area contributed by atoms with Gasteiger partial charge in [0.15, 0.2) is 5.78 Å². The molecule has 0 aromatic heterocycles. The third-order valence-corrected chi connectivity index (χ3v) is 4.24. The molecule has 0 aliphatic heterocycles. The summed E-state index contributed by atoms with van der Waals surface area (Å²) in [5.74, 6) is 1.15. The summed E-state index contributed by atoms with van der Waals surface area (Å²) in [6.07, 6.45) is 0. The lowest BCUT2D eigenvalue weighted by molar-refractivity contribution is 0.101. The largest absolute Gasteiger partial charge is 0.494 e. The second-order valence-electron chi connectivity index (χ2n) is 4.39. The van der Waals surface area contributed by atoms with Gasteiger partial charge in [0.05, 0.1) is 12.4 Å². The standard InChI is InChI=1S/C14H20O3S/c1-5-17-14-7-6-12(11(4)15)8-13(14)9-18(16)10(2)3/h6-8,10H,5,9H2,1-4H3. The fourth-order valence-electron chi connectivity index (χ4n) is 1.53. The number of carbonyl (C=O) groups excluding carboxylic acids is 1. The molecule has 4 heteroatoms. The first-order valence-corrected chi connectivity index (χ1v) is 7.47. The van der Waals surface area contributed by atoms with Crippen molar-refractivity contribution in [2.24, 2.45) is 0 Å². The highest BCUT2D eigenvalue weighted by Crippen LogP contribution is 2.23. The van der Waals surface area contributed by atoms with Crippen LogP contribution < -0.4 is 4.74 Å². The van der Waals surface area contributed by atoms with Crippen molar-refractivity contribution < 1.29 is 13.7 Å². The second kappa shape index (κ2) is 6.69. The number of hydrogen-bond donors (Lipinski definition) is 0. The van der Waals surface area contributed by atoms with Crippen LogP contribution in [0.4, 0.5) is 0 Å². The molecule has 0 heterocycles. The van der Waals surface area contributed by atoms with Gasteiger partial charge in [-0.3, -0.25) is 9.00 Å². The summed E-state index contributed by atoms with van der Waals surface area (Å²) in [4.78, 5) is 11.4. The van der Waals surface area contributed by atoms with Crippen molar-refractivity contribution in [2.75, 3.05) is 6.61 Å². The van der Waals surface area contributed by atoms with Gasteiger partial charge in [0, 0.05) is 27.2 Å². The van der Waals surface area contributed by atoms with E-state index >= 15 is 0 Å². The smallest absolute Gasteiger partial charge is 0.159 e. The van der Waals surface area contributed by atoms with E-state index in [1.807, 2.05) is 20.8 Å². The highest BCUT2D eigenvalue weighted by atomic mass is 32.2. The van der Waals surface area contributed by atoms with Crippen LogP contribution in [0.25, 0.3) is 0 Å². The molecule has 1 atom stereocenters. The zero-order valence-electron chi connectivity index (χ0n) is 11.4. The highest BCUT2D eigenvalue weighted by Gasteiger charge is 2.12. The van der Waals surface area contributed by atoms with Crippen LogP contribution in [0.1, 0.15) is 43.6 Å². The molecule has 1 rings (SSSR count). The first-order valence-electron chi connectivity index (χ1n) is 6.09. The van der Waals surface area contributed by atoms with Crippen molar-refractivity contribution in [2.45, 2.75) is 38.7 Å². The van der Waals surface area contributed by atoms with Gasteiger partial charge in [-0.2, -0.15) is 0 Å². The maximum Gasteiger partial charge on any atom is 0.159 e. The number of carbonyl (C=O) groups is 1. The Labute approximate surface area is 111 Å². The normalized spacial score (nSPS) is 12.5. The van der Waals surface area contributed by atoms with Crippen LogP contribution in [0.3, 0.4) is 0 Å². The number of benzene rings is 1. The molecular weight excluding hydrogens is 248 g/mol. The molecule has 0 aliphatic rings. The molecule has 0 spiro atoms.